The molecule has 0 radical (unpaired) electrons. The molecule has 1 aromatic heterocycles. The molecule has 4 heteroatoms. The van der Waals surface area contributed by atoms with Crippen molar-refractivity contribution in [3.63, 3.8) is 0 Å². The number of hydrogen-bond acceptors (Lipinski definition) is 2. The largest absolute Gasteiger partial charge is 0.302 e. The second kappa shape index (κ2) is 8.96. The van der Waals surface area contributed by atoms with Crippen LogP contribution in [0.3, 0.4) is 0 Å². The maximum Gasteiger partial charge on any atom is 0.123 e. The van der Waals surface area contributed by atoms with E-state index < -0.39 is 0 Å². The molecule has 1 aliphatic heterocycles. The third-order valence-electron chi connectivity index (χ3n) is 7.30. The highest BCUT2D eigenvalue weighted by atomic mass is 19.1. The molecule has 3 aromatic rings. The van der Waals surface area contributed by atoms with Crippen LogP contribution in [0.1, 0.15) is 42.4 Å². The number of benzene rings is 2. The van der Waals surface area contributed by atoms with Gasteiger partial charge in [-0.3, -0.25) is 4.68 Å². The van der Waals surface area contributed by atoms with Gasteiger partial charge >= 0.3 is 0 Å². The highest BCUT2D eigenvalue weighted by Gasteiger charge is 2.40. The molecule has 1 aliphatic carbocycles. The normalized spacial score (nSPS) is 24.4. The van der Waals surface area contributed by atoms with Crippen molar-refractivity contribution in [2.45, 2.75) is 38.6 Å². The maximum absolute atomic E-state index is 13.1. The number of aromatic nitrogens is 2. The van der Waals surface area contributed by atoms with Gasteiger partial charge in [0.05, 0.1) is 12.7 Å². The van der Waals surface area contributed by atoms with Crippen LogP contribution in [-0.2, 0) is 13.0 Å². The molecule has 3 nitrogen and oxygen atoms in total. The van der Waals surface area contributed by atoms with Crippen LogP contribution in [0.5, 0.6) is 0 Å². The number of rotatable bonds is 7. The third-order valence-corrected chi connectivity index (χ3v) is 7.30. The minimum Gasteiger partial charge on any atom is -0.302 e. The summed E-state index contributed by atoms with van der Waals surface area (Å²) in [5.74, 6) is 2.79. The van der Waals surface area contributed by atoms with Gasteiger partial charge in [0, 0.05) is 25.8 Å². The van der Waals surface area contributed by atoms with Gasteiger partial charge in [-0.25, -0.2) is 4.39 Å². The van der Waals surface area contributed by atoms with E-state index in [1.807, 2.05) is 18.3 Å². The van der Waals surface area contributed by atoms with E-state index in [9.17, 15) is 4.39 Å². The third kappa shape index (κ3) is 4.90. The summed E-state index contributed by atoms with van der Waals surface area (Å²) in [6, 6.07) is 17.6. The van der Waals surface area contributed by atoms with E-state index in [-0.39, 0.29) is 5.82 Å². The molecule has 5 rings (SSSR count). The van der Waals surface area contributed by atoms with Gasteiger partial charge < -0.3 is 4.90 Å². The van der Waals surface area contributed by atoms with E-state index in [4.69, 9.17) is 0 Å². The molecular formula is C27H32FN3. The van der Waals surface area contributed by atoms with Crippen molar-refractivity contribution in [2.24, 2.45) is 17.8 Å². The lowest BCUT2D eigenvalue weighted by atomic mass is 9.96. The molecule has 162 valence electrons. The highest BCUT2D eigenvalue weighted by Crippen LogP contribution is 2.43. The standard InChI is InChI=1S/C27H32FN3/c1-20(26-14-29-31(19-26)16-22-5-3-2-4-6-22)15-30-17-24-12-23(13-25(24)18-30)11-21-7-9-27(28)10-8-21/h2-10,14,19-20,23-25H,11-13,15-18H2,1H3/t20?,23?,24-,25+. The van der Waals surface area contributed by atoms with Crippen LogP contribution in [0.25, 0.3) is 0 Å². The summed E-state index contributed by atoms with van der Waals surface area (Å²) in [5, 5.41) is 4.59. The van der Waals surface area contributed by atoms with Gasteiger partial charge in [0.2, 0.25) is 0 Å². The van der Waals surface area contributed by atoms with Crippen LogP contribution >= 0.6 is 0 Å². The van der Waals surface area contributed by atoms with Crippen molar-refractivity contribution in [2.75, 3.05) is 19.6 Å². The van der Waals surface area contributed by atoms with Crippen molar-refractivity contribution in [1.82, 2.24) is 14.7 Å². The summed E-state index contributed by atoms with van der Waals surface area (Å²) in [6.07, 6.45) is 8.00. The molecule has 1 saturated carbocycles. The lowest BCUT2D eigenvalue weighted by Gasteiger charge is -2.22. The van der Waals surface area contributed by atoms with E-state index in [2.05, 4.69) is 58.1 Å². The van der Waals surface area contributed by atoms with E-state index in [1.54, 1.807) is 12.1 Å². The van der Waals surface area contributed by atoms with Crippen molar-refractivity contribution in [3.8, 4) is 0 Å². The molecule has 0 amide bonds. The molecule has 4 atom stereocenters. The number of fused-ring (bicyclic) bond motifs is 1. The van der Waals surface area contributed by atoms with Crippen molar-refractivity contribution in [3.05, 3.63) is 89.5 Å². The Bertz CT molecular complexity index is 967. The highest BCUT2D eigenvalue weighted by molar-refractivity contribution is 5.18. The van der Waals surface area contributed by atoms with Gasteiger partial charge in [0.25, 0.3) is 0 Å². The number of halogens is 1. The van der Waals surface area contributed by atoms with Crippen molar-refractivity contribution < 1.29 is 4.39 Å². The molecule has 0 N–H and O–H groups in total. The lowest BCUT2D eigenvalue weighted by molar-refractivity contribution is 0.284. The molecule has 0 spiro atoms. The monoisotopic (exact) mass is 417 g/mol. The van der Waals surface area contributed by atoms with E-state index in [0.717, 1.165) is 37.3 Å². The van der Waals surface area contributed by atoms with E-state index in [1.165, 1.54) is 42.6 Å². The zero-order valence-electron chi connectivity index (χ0n) is 18.3. The summed E-state index contributed by atoms with van der Waals surface area (Å²) in [7, 11) is 0. The maximum atomic E-state index is 13.1. The first kappa shape index (κ1) is 20.4. The molecule has 2 aliphatic rings. The molecular weight excluding hydrogens is 385 g/mol. The second-order valence-electron chi connectivity index (χ2n) is 9.76. The van der Waals surface area contributed by atoms with Crippen LogP contribution < -0.4 is 0 Å². The van der Waals surface area contributed by atoms with E-state index >= 15 is 0 Å². The predicted octanol–water partition coefficient (Wildman–Crippen LogP) is 5.37. The van der Waals surface area contributed by atoms with Gasteiger partial charge in [-0.15, -0.1) is 0 Å². The molecule has 2 heterocycles. The van der Waals surface area contributed by atoms with Crippen LogP contribution in [0.2, 0.25) is 0 Å². The zero-order valence-corrected chi connectivity index (χ0v) is 18.3. The van der Waals surface area contributed by atoms with Gasteiger partial charge in [-0.1, -0.05) is 49.4 Å². The molecule has 2 aromatic carbocycles. The fourth-order valence-corrected chi connectivity index (χ4v) is 5.78. The molecule has 31 heavy (non-hydrogen) atoms. The van der Waals surface area contributed by atoms with Crippen LogP contribution in [0.15, 0.2) is 67.0 Å². The first-order valence-electron chi connectivity index (χ1n) is 11.7. The Kier molecular flexibility index (Phi) is 5.91. The Balaban J connectivity index is 1.11. The van der Waals surface area contributed by atoms with Gasteiger partial charge in [0.1, 0.15) is 5.82 Å². The summed E-state index contributed by atoms with van der Waals surface area (Å²) in [5.41, 5.74) is 3.90. The Hall–Kier alpha value is -2.46. The van der Waals surface area contributed by atoms with E-state index in [0.29, 0.717) is 5.92 Å². The average molecular weight is 418 g/mol. The lowest BCUT2D eigenvalue weighted by Crippen LogP contribution is -2.27. The van der Waals surface area contributed by atoms with Crippen LogP contribution in [0, 0.1) is 23.6 Å². The minimum atomic E-state index is -0.137. The zero-order chi connectivity index (χ0) is 21.2. The fourth-order valence-electron chi connectivity index (χ4n) is 5.78. The van der Waals surface area contributed by atoms with Gasteiger partial charge in [-0.2, -0.15) is 5.10 Å². The first-order chi connectivity index (χ1) is 15.1. The van der Waals surface area contributed by atoms with Gasteiger partial charge in [-0.05, 0) is 71.8 Å². The Morgan fingerprint density at radius 2 is 1.68 bits per heavy atom. The Labute approximate surface area is 184 Å². The van der Waals surface area contributed by atoms with Gasteiger partial charge in [0.15, 0.2) is 0 Å². The molecule has 2 fully saturated rings. The fraction of sp³-hybridized carbons (Fsp3) is 0.444. The first-order valence-corrected chi connectivity index (χ1v) is 11.7. The number of hydrogen-bond donors (Lipinski definition) is 0. The average Bonchev–Trinajstić information content (AvgIpc) is 3.46. The quantitative estimate of drug-likeness (QED) is 0.515. The summed E-state index contributed by atoms with van der Waals surface area (Å²) in [4.78, 5) is 2.67. The molecule has 0 bridgehead atoms. The van der Waals surface area contributed by atoms with Crippen LogP contribution in [-0.4, -0.2) is 34.3 Å². The number of likely N-dealkylation sites (tertiary alicyclic amines) is 1. The number of nitrogens with zero attached hydrogens (tertiary/aromatic N) is 3. The summed E-state index contributed by atoms with van der Waals surface area (Å²) < 4.78 is 15.2. The smallest absolute Gasteiger partial charge is 0.123 e. The second-order valence-corrected chi connectivity index (χ2v) is 9.76. The molecule has 2 unspecified atom stereocenters. The minimum absolute atomic E-state index is 0.137. The molecule has 1 saturated heterocycles. The van der Waals surface area contributed by atoms with Crippen LogP contribution in [0.4, 0.5) is 4.39 Å². The topological polar surface area (TPSA) is 21.1 Å². The summed E-state index contributed by atoms with van der Waals surface area (Å²) in [6.45, 7) is 6.74. The van der Waals surface area contributed by atoms with Crippen molar-refractivity contribution in [1.29, 1.82) is 0 Å². The SMILES string of the molecule is CC(CN1C[C@H]2CC(Cc3ccc(F)cc3)C[C@H]2C1)c1cnn(Cc2ccccc2)c1. The predicted molar refractivity (Wildman–Crippen MR) is 122 cm³/mol. The van der Waals surface area contributed by atoms with Crippen molar-refractivity contribution >= 4 is 0 Å². The summed E-state index contributed by atoms with van der Waals surface area (Å²) >= 11 is 0. The Morgan fingerprint density at radius 1 is 0.968 bits per heavy atom. The Morgan fingerprint density at radius 3 is 2.39 bits per heavy atom.